The third kappa shape index (κ3) is 7.17. The van der Waals surface area contributed by atoms with Crippen molar-refractivity contribution in [3.63, 3.8) is 0 Å². The van der Waals surface area contributed by atoms with Crippen LogP contribution in [0.3, 0.4) is 0 Å². The molecule has 0 aliphatic carbocycles. The highest BCUT2D eigenvalue weighted by molar-refractivity contribution is 6.11. The Bertz CT molecular complexity index is 4210. The quantitative estimate of drug-likeness (QED) is 0.150. The molecule has 8 heteroatoms. The number of aromatic nitrogens is 5. The molecule has 0 radical (unpaired) electrons. The van der Waals surface area contributed by atoms with E-state index in [1.165, 1.54) is 0 Å². The van der Waals surface area contributed by atoms with Gasteiger partial charge in [0, 0.05) is 38.2 Å². The fourth-order valence-electron chi connectivity index (χ4n) is 10.6. The highest BCUT2D eigenvalue weighted by Crippen LogP contribution is 2.42. The second-order valence-electron chi connectivity index (χ2n) is 18.1. The van der Waals surface area contributed by atoms with Gasteiger partial charge in [-0.1, -0.05) is 158 Å². The number of benzene rings is 10. The molecule has 0 saturated carbocycles. The summed E-state index contributed by atoms with van der Waals surface area (Å²) in [5, 5.41) is 35.3. The standard InChI is InChI=1S/C66H38N8/c67-39-46-16-1-4-21-49(46)42-19-15-20-45(36-42)64-70-65(56-34-32-43(50-22-5-2-17-47(50)40-68)37-62(56)73-58-28-11-7-24-52(58)53-25-8-12-29-59(53)73)72-66(71-64)57-35-33-44(51-23-6-3-18-48(51)41-69)38-63(57)74-60-30-13-9-26-54(60)55-27-10-14-31-61(55)74/h1-38H. The number of rotatable bonds is 8. The van der Waals surface area contributed by atoms with Crippen LogP contribution in [0.4, 0.5) is 0 Å². The molecule has 342 valence electrons. The molecule has 8 nitrogen and oxygen atoms in total. The van der Waals surface area contributed by atoms with E-state index in [0.717, 1.165) is 105 Å². The Balaban J connectivity index is 1.13. The molecular formula is C66H38N8. The van der Waals surface area contributed by atoms with Gasteiger partial charge in [0.25, 0.3) is 0 Å². The summed E-state index contributed by atoms with van der Waals surface area (Å²) in [6, 6.07) is 84.1. The molecule has 0 N–H and O–H groups in total. The second kappa shape index (κ2) is 17.9. The Kier molecular flexibility index (Phi) is 10.5. The van der Waals surface area contributed by atoms with E-state index in [1.807, 2.05) is 109 Å². The average Bonchev–Trinajstić information content (AvgIpc) is 4.03. The van der Waals surface area contributed by atoms with Crippen molar-refractivity contribution in [1.82, 2.24) is 24.1 Å². The SMILES string of the molecule is N#Cc1ccccc1-c1cccc(-c2nc(-c3ccc(-c4ccccc4C#N)cc3-n3c4ccccc4c4ccccc43)nc(-c3ccc(-c4ccccc4C#N)cc3-n3c4ccccc4c4ccccc43)n2)c1. The van der Waals surface area contributed by atoms with E-state index in [2.05, 4.69) is 149 Å². The molecule has 0 unspecified atom stereocenters. The molecule has 3 aromatic heterocycles. The first-order chi connectivity index (χ1) is 36.6. The largest absolute Gasteiger partial charge is 0.308 e. The van der Waals surface area contributed by atoms with Gasteiger partial charge in [-0.2, -0.15) is 15.8 Å². The van der Waals surface area contributed by atoms with Crippen molar-refractivity contribution in [1.29, 1.82) is 15.8 Å². The smallest absolute Gasteiger partial charge is 0.166 e. The van der Waals surface area contributed by atoms with Crippen LogP contribution in [0.25, 0.3) is 123 Å². The summed E-state index contributed by atoms with van der Waals surface area (Å²) >= 11 is 0. The summed E-state index contributed by atoms with van der Waals surface area (Å²) in [5.74, 6) is 1.29. The summed E-state index contributed by atoms with van der Waals surface area (Å²) in [7, 11) is 0. The van der Waals surface area contributed by atoms with Crippen molar-refractivity contribution in [2.45, 2.75) is 0 Å². The zero-order valence-corrected chi connectivity index (χ0v) is 39.5. The molecule has 10 aromatic carbocycles. The van der Waals surface area contributed by atoms with Gasteiger partial charge in [-0.05, 0) is 106 Å². The first kappa shape index (κ1) is 43.3. The van der Waals surface area contributed by atoms with Crippen LogP contribution < -0.4 is 0 Å². The van der Waals surface area contributed by atoms with E-state index in [9.17, 15) is 15.8 Å². The Morgan fingerprint density at radius 1 is 0.270 bits per heavy atom. The number of nitriles is 3. The summed E-state index contributed by atoms with van der Waals surface area (Å²) in [6.07, 6.45) is 0. The minimum atomic E-state index is 0.428. The highest BCUT2D eigenvalue weighted by atomic mass is 15.1. The van der Waals surface area contributed by atoms with Crippen LogP contribution in [0.2, 0.25) is 0 Å². The van der Waals surface area contributed by atoms with Gasteiger partial charge in [-0.3, -0.25) is 0 Å². The minimum absolute atomic E-state index is 0.428. The van der Waals surface area contributed by atoms with Crippen molar-refractivity contribution >= 4 is 43.6 Å². The van der Waals surface area contributed by atoms with Gasteiger partial charge in [-0.15, -0.1) is 0 Å². The molecule has 74 heavy (non-hydrogen) atoms. The predicted octanol–water partition coefficient (Wildman–Crippen LogP) is 15.7. The molecule has 0 spiro atoms. The van der Waals surface area contributed by atoms with E-state index >= 15 is 0 Å². The van der Waals surface area contributed by atoms with E-state index in [0.29, 0.717) is 34.2 Å². The van der Waals surface area contributed by atoms with Crippen molar-refractivity contribution in [2.24, 2.45) is 0 Å². The second-order valence-corrected chi connectivity index (χ2v) is 18.1. The predicted molar refractivity (Wildman–Crippen MR) is 295 cm³/mol. The number of nitrogens with zero attached hydrogens (tertiary/aromatic N) is 8. The maximum atomic E-state index is 10.3. The number of fused-ring (bicyclic) bond motifs is 6. The van der Waals surface area contributed by atoms with Crippen LogP contribution in [0.1, 0.15) is 16.7 Å². The van der Waals surface area contributed by atoms with Crippen LogP contribution in [-0.4, -0.2) is 24.1 Å². The molecule has 0 aliphatic rings. The molecule has 0 bridgehead atoms. The molecule has 0 saturated heterocycles. The fourth-order valence-corrected chi connectivity index (χ4v) is 10.6. The molecule has 13 rings (SSSR count). The van der Waals surface area contributed by atoms with E-state index in [1.54, 1.807) is 0 Å². The molecule has 0 atom stereocenters. The minimum Gasteiger partial charge on any atom is -0.308 e. The number of para-hydroxylation sites is 4. The molecule has 0 aliphatic heterocycles. The van der Waals surface area contributed by atoms with Crippen molar-refractivity contribution < 1.29 is 0 Å². The maximum Gasteiger partial charge on any atom is 0.166 e. The van der Waals surface area contributed by atoms with E-state index in [4.69, 9.17) is 15.0 Å². The lowest BCUT2D eigenvalue weighted by atomic mass is 9.97. The van der Waals surface area contributed by atoms with E-state index < -0.39 is 0 Å². The van der Waals surface area contributed by atoms with Crippen molar-refractivity contribution in [3.05, 3.63) is 247 Å². The first-order valence-corrected chi connectivity index (χ1v) is 24.2. The zero-order chi connectivity index (χ0) is 49.7. The van der Waals surface area contributed by atoms with Crippen molar-refractivity contribution in [2.75, 3.05) is 0 Å². The lowest BCUT2D eigenvalue weighted by Crippen LogP contribution is -2.06. The average molecular weight is 943 g/mol. The van der Waals surface area contributed by atoms with Crippen LogP contribution >= 0.6 is 0 Å². The fraction of sp³-hybridized carbons (Fsp3) is 0. The van der Waals surface area contributed by atoms with Crippen LogP contribution in [0.5, 0.6) is 0 Å². The molecule has 0 amide bonds. The lowest BCUT2D eigenvalue weighted by molar-refractivity contribution is 1.06. The maximum absolute atomic E-state index is 10.3. The van der Waals surface area contributed by atoms with Gasteiger partial charge in [0.2, 0.25) is 0 Å². The highest BCUT2D eigenvalue weighted by Gasteiger charge is 2.24. The molecule has 13 aromatic rings. The third-order valence-corrected chi connectivity index (χ3v) is 14.0. The third-order valence-electron chi connectivity index (χ3n) is 14.0. The van der Waals surface area contributed by atoms with E-state index in [-0.39, 0.29) is 0 Å². The summed E-state index contributed by atoms with van der Waals surface area (Å²) < 4.78 is 4.54. The molecular weight excluding hydrogens is 905 g/mol. The molecule has 0 fully saturated rings. The zero-order valence-electron chi connectivity index (χ0n) is 39.5. The first-order valence-electron chi connectivity index (χ1n) is 24.2. The Morgan fingerprint density at radius 3 is 0.986 bits per heavy atom. The Labute approximate surface area is 425 Å². The van der Waals surface area contributed by atoms with Crippen LogP contribution in [0.15, 0.2) is 231 Å². The number of hydrogen-bond donors (Lipinski definition) is 0. The number of hydrogen-bond acceptors (Lipinski definition) is 6. The van der Waals surface area contributed by atoms with Crippen LogP contribution in [0, 0.1) is 34.0 Å². The lowest BCUT2D eigenvalue weighted by Gasteiger charge is -2.18. The van der Waals surface area contributed by atoms with Crippen LogP contribution in [-0.2, 0) is 0 Å². The Hall–Kier alpha value is -10.7. The van der Waals surface area contributed by atoms with Gasteiger partial charge in [-0.25, -0.2) is 15.0 Å². The summed E-state index contributed by atoms with van der Waals surface area (Å²) in [5.41, 5.74) is 14.5. The van der Waals surface area contributed by atoms with Gasteiger partial charge < -0.3 is 9.13 Å². The van der Waals surface area contributed by atoms with Gasteiger partial charge >= 0.3 is 0 Å². The van der Waals surface area contributed by atoms with Gasteiger partial charge in [0.1, 0.15) is 0 Å². The Morgan fingerprint density at radius 2 is 0.595 bits per heavy atom. The monoisotopic (exact) mass is 942 g/mol. The van der Waals surface area contributed by atoms with Gasteiger partial charge in [0.05, 0.1) is 68.3 Å². The van der Waals surface area contributed by atoms with Crippen molar-refractivity contribution in [3.8, 4) is 97.1 Å². The van der Waals surface area contributed by atoms with Gasteiger partial charge in [0.15, 0.2) is 17.5 Å². The summed E-state index contributed by atoms with van der Waals surface area (Å²) in [6.45, 7) is 0. The molecule has 3 heterocycles. The summed E-state index contributed by atoms with van der Waals surface area (Å²) in [4.78, 5) is 16.4. The topological polar surface area (TPSA) is 120 Å². The normalized spacial score (nSPS) is 11.2.